The molecule has 34 heavy (non-hydrogen) atoms. The zero-order valence-corrected chi connectivity index (χ0v) is 19.4. The minimum Gasteiger partial charge on any atom is -0.336 e. The normalized spacial score (nSPS) is 22.4. The van der Waals surface area contributed by atoms with Gasteiger partial charge in [0.2, 0.25) is 5.54 Å². The Balaban J connectivity index is 1.68. The topological polar surface area (TPSA) is 62.3 Å². The predicted molar refractivity (Wildman–Crippen MR) is 124 cm³/mol. The average molecular weight is 486 g/mol. The number of ketones is 1. The second-order valence-corrected chi connectivity index (χ2v) is 10.5. The Labute approximate surface area is 198 Å². The van der Waals surface area contributed by atoms with Crippen molar-refractivity contribution < 1.29 is 22.8 Å². The molecule has 0 unspecified atom stereocenters. The van der Waals surface area contributed by atoms with Gasteiger partial charge in [-0.15, -0.1) is 0 Å². The van der Waals surface area contributed by atoms with Gasteiger partial charge in [-0.2, -0.15) is 13.2 Å². The van der Waals surface area contributed by atoms with E-state index in [1.54, 1.807) is 54.6 Å². The number of allylic oxidation sites excluding steroid dienone is 1. The van der Waals surface area contributed by atoms with Gasteiger partial charge in [0.05, 0.1) is 22.3 Å². The Morgan fingerprint density at radius 3 is 2.38 bits per heavy atom. The number of anilines is 1. The highest BCUT2D eigenvalue weighted by atomic mass is 32.1. The van der Waals surface area contributed by atoms with Crippen molar-refractivity contribution in [3.63, 3.8) is 0 Å². The number of halogens is 3. The van der Waals surface area contributed by atoms with Crippen LogP contribution in [0.2, 0.25) is 0 Å². The van der Waals surface area contributed by atoms with Crippen molar-refractivity contribution in [2.24, 2.45) is 5.41 Å². The Kier molecular flexibility index (Phi) is 5.09. The summed E-state index contributed by atoms with van der Waals surface area (Å²) in [7, 11) is 0. The second-order valence-electron chi connectivity index (χ2n) is 9.50. The maximum absolute atomic E-state index is 14.9. The molecule has 2 aromatic carbocycles. The van der Waals surface area contributed by atoms with Gasteiger partial charge in [-0.1, -0.05) is 67.6 Å². The quantitative estimate of drug-likeness (QED) is 0.515. The Morgan fingerprint density at radius 2 is 1.71 bits per heavy atom. The Bertz CT molecular complexity index is 1300. The first-order valence-corrected chi connectivity index (χ1v) is 11.7. The van der Waals surface area contributed by atoms with Crippen LogP contribution in [-0.4, -0.2) is 33.3 Å². The number of nitrogens with zero attached hydrogens (tertiary/aromatic N) is 2. The number of carbonyl (C=O) groups excluding carboxylic acids is 2. The van der Waals surface area contributed by atoms with E-state index in [4.69, 9.17) is 0 Å². The first-order chi connectivity index (χ1) is 16.0. The SMILES string of the molecule is CC1(C)CC(=O)C2=C(C1)N(Cc1ccccc1)C(=O)[C@@]2(Nc1nc2ccccc2s1)C(F)(F)F. The lowest BCUT2D eigenvalue weighted by Crippen LogP contribution is -2.60. The van der Waals surface area contributed by atoms with Crippen molar-refractivity contribution in [2.45, 2.75) is 44.9 Å². The third kappa shape index (κ3) is 3.50. The van der Waals surface area contributed by atoms with Gasteiger partial charge < -0.3 is 10.2 Å². The van der Waals surface area contributed by atoms with Gasteiger partial charge in [-0.05, 0) is 29.5 Å². The number of thiazole rings is 1. The molecule has 5 nitrogen and oxygen atoms in total. The predicted octanol–water partition coefficient (Wildman–Crippen LogP) is 5.69. The molecule has 0 radical (unpaired) electrons. The van der Waals surface area contributed by atoms with E-state index < -0.39 is 34.4 Å². The average Bonchev–Trinajstić information content (AvgIpc) is 3.26. The van der Waals surface area contributed by atoms with Crippen LogP contribution in [0.5, 0.6) is 0 Å². The summed E-state index contributed by atoms with van der Waals surface area (Å²) in [6.07, 6.45) is -4.95. The van der Waals surface area contributed by atoms with Crippen LogP contribution in [0.25, 0.3) is 10.2 Å². The molecule has 2 aliphatic rings. The fraction of sp³-hybridized carbons (Fsp3) is 0.320. The summed E-state index contributed by atoms with van der Waals surface area (Å²) in [6.45, 7) is 3.60. The number of hydrogen-bond acceptors (Lipinski definition) is 5. The number of amides is 1. The van der Waals surface area contributed by atoms with Crippen LogP contribution in [0, 0.1) is 5.41 Å². The number of carbonyl (C=O) groups is 2. The molecule has 1 aromatic heterocycles. The number of alkyl halides is 3. The van der Waals surface area contributed by atoms with E-state index in [0.29, 0.717) is 15.8 Å². The largest absolute Gasteiger partial charge is 0.425 e. The molecule has 1 N–H and O–H groups in total. The van der Waals surface area contributed by atoms with Crippen molar-refractivity contribution in [1.82, 2.24) is 9.88 Å². The molecule has 3 aromatic rings. The summed E-state index contributed by atoms with van der Waals surface area (Å²) in [5.41, 5.74) is -2.91. The van der Waals surface area contributed by atoms with Crippen molar-refractivity contribution in [2.75, 3.05) is 5.32 Å². The first-order valence-electron chi connectivity index (χ1n) is 10.8. The first kappa shape index (κ1) is 22.6. The molecule has 0 bridgehead atoms. The summed E-state index contributed by atoms with van der Waals surface area (Å²) in [4.78, 5) is 32.4. The summed E-state index contributed by atoms with van der Waals surface area (Å²) < 4.78 is 45.5. The third-order valence-electron chi connectivity index (χ3n) is 6.32. The van der Waals surface area contributed by atoms with Crippen LogP contribution < -0.4 is 5.32 Å². The molecule has 1 amide bonds. The van der Waals surface area contributed by atoms with Crippen molar-refractivity contribution >= 4 is 38.4 Å². The number of rotatable bonds is 4. The zero-order valence-electron chi connectivity index (χ0n) is 18.6. The molecule has 0 fully saturated rings. The Hall–Kier alpha value is -3.20. The number of Topliss-reactive ketones (excluding diaryl/α,β-unsaturated/α-hetero) is 1. The summed E-state index contributed by atoms with van der Waals surface area (Å²) in [5, 5.41) is 2.36. The zero-order chi connectivity index (χ0) is 24.3. The molecule has 176 valence electrons. The van der Waals surface area contributed by atoms with E-state index in [-0.39, 0.29) is 30.2 Å². The van der Waals surface area contributed by atoms with E-state index in [2.05, 4.69) is 10.3 Å². The van der Waals surface area contributed by atoms with Crippen LogP contribution >= 0.6 is 11.3 Å². The number of aromatic nitrogens is 1. The molecule has 1 aliphatic heterocycles. The van der Waals surface area contributed by atoms with Crippen LogP contribution in [0.4, 0.5) is 18.3 Å². The second kappa shape index (κ2) is 7.66. The standard InChI is InChI=1S/C25H22F3N3O2S/c1-23(2)12-17-20(18(32)13-23)24(25(26,27)28,21(33)31(17)14-15-8-4-3-5-9-15)30-22-29-16-10-6-7-11-19(16)34-22/h3-11H,12-14H2,1-2H3,(H,29,30)/t24-/m1/s1. The highest BCUT2D eigenvalue weighted by molar-refractivity contribution is 7.22. The van der Waals surface area contributed by atoms with Gasteiger partial charge in [0.15, 0.2) is 10.9 Å². The van der Waals surface area contributed by atoms with Gasteiger partial charge in [0.1, 0.15) is 0 Å². The maximum atomic E-state index is 14.9. The molecule has 1 aliphatic carbocycles. The highest BCUT2D eigenvalue weighted by Crippen LogP contribution is 2.53. The van der Waals surface area contributed by atoms with Gasteiger partial charge in [-0.3, -0.25) is 9.59 Å². The van der Waals surface area contributed by atoms with Crippen LogP contribution in [0.15, 0.2) is 65.9 Å². The van der Waals surface area contributed by atoms with E-state index in [9.17, 15) is 22.8 Å². The van der Waals surface area contributed by atoms with Gasteiger partial charge in [0, 0.05) is 12.1 Å². The minimum atomic E-state index is -5.06. The van der Waals surface area contributed by atoms with Gasteiger partial charge in [-0.25, -0.2) is 4.98 Å². The summed E-state index contributed by atoms with van der Waals surface area (Å²) in [6, 6.07) is 15.7. The third-order valence-corrected chi connectivity index (χ3v) is 7.27. The van der Waals surface area contributed by atoms with E-state index in [1.165, 1.54) is 0 Å². The maximum Gasteiger partial charge on any atom is 0.425 e. The Morgan fingerprint density at radius 1 is 1.03 bits per heavy atom. The molecule has 2 heterocycles. The van der Waals surface area contributed by atoms with Crippen LogP contribution in [-0.2, 0) is 16.1 Å². The molecule has 9 heteroatoms. The fourth-order valence-corrected chi connectivity index (χ4v) is 5.77. The number of para-hydroxylation sites is 1. The lowest BCUT2D eigenvalue weighted by atomic mass is 9.72. The molecule has 0 saturated heterocycles. The number of nitrogens with one attached hydrogen (secondary N) is 1. The number of fused-ring (bicyclic) bond motifs is 1. The number of hydrogen-bond donors (Lipinski definition) is 1. The lowest BCUT2D eigenvalue weighted by molar-refractivity contribution is -0.181. The van der Waals surface area contributed by atoms with E-state index >= 15 is 0 Å². The van der Waals surface area contributed by atoms with Crippen molar-refractivity contribution in [3.05, 3.63) is 71.4 Å². The molecule has 0 spiro atoms. The molecule has 1 atom stereocenters. The molecule has 5 rings (SSSR count). The summed E-state index contributed by atoms with van der Waals surface area (Å²) in [5.74, 6) is -1.86. The highest BCUT2D eigenvalue weighted by Gasteiger charge is 2.71. The lowest BCUT2D eigenvalue weighted by Gasteiger charge is -2.35. The van der Waals surface area contributed by atoms with E-state index in [0.717, 1.165) is 16.2 Å². The van der Waals surface area contributed by atoms with Gasteiger partial charge >= 0.3 is 6.18 Å². The van der Waals surface area contributed by atoms with Crippen molar-refractivity contribution in [3.8, 4) is 0 Å². The molecular formula is C25H22F3N3O2S. The van der Waals surface area contributed by atoms with E-state index in [1.807, 2.05) is 13.8 Å². The van der Waals surface area contributed by atoms with Crippen LogP contribution in [0.3, 0.4) is 0 Å². The van der Waals surface area contributed by atoms with Crippen molar-refractivity contribution in [1.29, 1.82) is 0 Å². The molecular weight excluding hydrogens is 463 g/mol. The minimum absolute atomic E-state index is 0.0543. The number of benzene rings is 2. The fourth-order valence-electron chi connectivity index (χ4n) is 4.85. The monoisotopic (exact) mass is 485 g/mol. The van der Waals surface area contributed by atoms with Gasteiger partial charge in [0.25, 0.3) is 5.91 Å². The smallest absolute Gasteiger partial charge is 0.336 e. The molecule has 0 saturated carbocycles. The van der Waals surface area contributed by atoms with Crippen LogP contribution in [0.1, 0.15) is 32.3 Å². The summed E-state index contributed by atoms with van der Waals surface area (Å²) >= 11 is 1.02.